The molecule has 0 aliphatic rings. The molecule has 0 spiro atoms. The molecule has 0 atom stereocenters. The molecule has 0 aliphatic carbocycles. The van der Waals surface area contributed by atoms with E-state index in [0.29, 0.717) is 11.3 Å². The van der Waals surface area contributed by atoms with E-state index in [-0.39, 0.29) is 30.6 Å². The minimum absolute atomic E-state index is 0.102. The van der Waals surface area contributed by atoms with Crippen LogP contribution in [0.15, 0.2) is 46.9 Å². The van der Waals surface area contributed by atoms with Crippen LogP contribution in [0.1, 0.15) is 11.1 Å². The zero-order valence-electron chi connectivity index (χ0n) is 12.5. The molecule has 6 heteroatoms. The second-order valence-electron chi connectivity index (χ2n) is 5.09. The van der Waals surface area contributed by atoms with Crippen molar-refractivity contribution in [2.45, 2.75) is 13.3 Å². The lowest BCUT2D eigenvalue weighted by Gasteiger charge is -2.09. The molecule has 2 aromatic carbocycles. The van der Waals surface area contributed by atoms with Crippen LogP contribution in [-0.4, -0.2) is 18.4 Å². The minimum Gasteiger partial charge on any atom is -0.347 e. The molecule has 0 aliphatic heterocycles. The first-order valence-corrected chi connectivity index (χ1v) is 7.80. The summed E-state index contributed by atoms with van der Waals surface area (Å²) < 4.78 is 13.7. The summed E-state index contributed by atoms with van der Waals surface area (Å²) in [6.45, 7) is 1.77. The van der Waals surface area contributed by atoms with Gasteiger partial charge in [0.15, 0.2) is 0 Å². The summed E-state index contributed by atoms with van der Waals surface area (Å²) in [6, 6.07) is 11.2. The third-order valence-corrected chi connectivity index (χ3v) is 3.68. The van der Waals surface area contributed by atoms with E-state index in [1.165, 1.54) is 12.1 Å². The van der Waals surface area contributed by atoms with E-state index in [1.807, 2.05) is 19.1 Å². The molecule has 2 N–H and O–H groups in total. The number of carbonyl (C=O) groups is 2. The number of benzene rings is 2. The maximum atomic E-state index is 12.8. The number of rotatable bonds is 5. The van der Waals surface area contributed by atoms with Crippen molar-refractivity contribution in [2.75, 3.05) is 11.9 Å². The number of aryl methyl sites for hydroxylation is 1. The van der Waals surface area contributed by atoms with Crippen LogP contribution >= 0.6 is 15.9 Å². The number of nitrogens with one attached hydrogen (secondary N) is 2. The van der Waals surface area contributed by atoms with E-state index < -0.39 is 0 Å². The zero-order chi connectivity index (χ0) is 16.8. The van der Waals surface area contributed by atoms with Crippen LogP contribution in [0, 0.1) is 12.7 Å². The van der Waals surface area contributed by atoms with Crippen molar-refractivity contribution < 1.29 is 14.0 Å². The quantitative estimate of drug-likeness (QED) is 0.839. The van der Waals surface area contributed by atoms with Crippen LogP contribution in [0.3, 0.4) is 0 Å². The molecule has 0 bridgehead atoms. The van der Waals surface area contributed by atoms with E-state index in [1.54, 1.807) is 18.2 Å². The molecule has 0 radical (unpaired) electrons. The topological polar surface area (TPSA) is 58.2 Å². The van der Waals surface area contributed by atoms with Gasteiger partial charge in [0.2, 0.25) is 11.8 Å². The van der Waals surface area contributed by atoms with E-state index in [0.717, 1.165) is 10.0 Å². The number of carbonyl (C=O) groups excluding carboxylic acids is 2. The summed E-state index contributed by atoms with van der Waals surface area (Å²) in [5, 5.41) is 5.28. The molecule has 4 nitrogen and oxygen atoms in total. The molecule has 23 heavy (non-hydrogen) atoms. The Kier molecular flexibility index (Phi) is 5.87. The summed E-state index contributed by atoms with van der Waals surface area (Å²) in [5.74, 6) is -0.944. The van der Waals surface area contributed by atoms with E-state index in [4.69, 9.17) is 0 Å². The smallest absolute Gasteiger partial charge is 0.243 e. The molecule has 0 aromatic heterocycles. The maximum Gasteiger partial charge on any atom is 0.243 e. The summed E-state index contributed by atoms with van der Waals surface area (Å²) in [4.78, 5) is 23.6. The first kappa shape index (κ1) is 17.1. The predicted octanol–water partition coefficient (Wildman–Crippen LogP) is 3.19. The highest BCUT2D eigenvalue weighted by Gasteiger charge is 2.08. The standard InChI is InChI=1S/C17H16BrFN2O2/c1-11-8-13(18)4-7-15(11)21-17(23)10-20-16(22)9-12-2-5-14(19)6-3-12/h2-8H,9-10H2,1H3,(H,20,22)(H,21,23). The van der Waals surface area contributed by atoms with Gasteiger partial charge >= 0.3 is 0 Å². The number of halogens is 2. The molecular weight excluding hydrogens is 363 g/mol. The predicted molar refractivity (Wildman–Crippen MR) is 90.6 cm³/mol. The number of hydrogen-bond donors (Lipinski definition) is 2. The van der Waals surface area contributed by atoms with Gasteiger partial charge in [-0.25, -0.2) is 4.39 Å². The second-order valence-corrected chi connectivity index (χ2v) is 6.00. The van der Waals surface area contributed by atoms with Crippen molar-refractivity contribution in [1.82, 2.24) is 5.32 Å². The first-order chi connectivity index (χ1) is 10.9. The van der Waals surface area contributed by atoms with Gasteiger partial charge in [-0.1, -0.05) is 28.1 Å². The van der Waals surface area contributed by atoms with Gasteiger partial charge in [-0.3, -0.25) is 9.59 Å². The maximum absolute atomic E-state index is 12.8. The highest BCUT2D eigenvalue weighted by Crippen LogP contribution is 2.19. The average Bonchev–Trinajstić information content (AvgIpc) is 2.50. The fraction of sp³-hybridized carbons (Fsp3) is 0.176. The van der Waals surface area contributed by atoms with Gasteiger partial charge < -0.3 is 10.6 Å². The molecule has 0 heterocycles. The Balaban J connectivity index is 1.81. The number of anilines is 1. The Bertz CT molecular complexity index is 717. The van der Waals surface area contributed by atoms with Crippen molar-refractivity contribution in [3.63, 3.8) is 0 Å². The Morgan fingerprint density at radius 2 is 1.78 bits per heavy atom. The van der Waals surface area contributed by atoms with Gasteiger partial charge in [0.25, 0.3) is 0 Å². The third kappa shape index (κ3) is 5.49. The lowest BCUT2D eigenvalue weighted by atomic mass is 10.1. The molecule has 0 saturated heterocycles. The Morgan fingerprint density at radius 1 is 1.09 bits per heavy atom. The van der Waals surface area contributed by atoms with Crippen molar-refractivity contribution in [1.29, 1.82) is 0 Å². The van der Waals surface area contributed by atoms with Crippen LogP contribution in [0.5, 0.6) is 0 Å². The van der Waals surface area contributed by atoms with E-state index in [9.17, 15) is 14.0 Å². The zero-order valence-corrected chi connectivity index (χ0v) is 14.1. The molecule has 0 saturated carbocycles. The van der Waals surface area contributed by atoms with Gasteiger partial charge in [-0.15, -0.1) is 0 Å². The van der Waals surface area contributed by atoms with Crippen molar-refractivity contribution in [3.05, 3.63) is 63.9 Å². The molecule has 0 fully saturated rings. The Morgan fingerprint density at radius 3 is 2.43 bits per heavy atom. The van der Waals surface area contributed by atoms with Crippen LogP contribution in [0.4, 0.5) is 10.1 Å². The van der Waals surface area contributed by atoms with Crippen LogP contribution in [0.2, 0.25) is 0 Å². The fourth-order valence-corrected chi connectivity index (χ4v) is 2.47. The Labute approximate surface area is 142 Å². The largest absolute Gasteiger partial charge is 0.347 e. The van der Waals surface area contributed by atoms with E-state index >= 15 is 0 Å². The third-order valence-electron chi connectivity index (χ3n) is 3.19. The van der Waals surface area contributed by atoms with Gasteiger partial charge in [0, 0.05) is 10.2 Å². The highest BCUT2D eigenvalue weighted by molar-refractivity contribution is 9.10. The van der Waals surface area contributed by atoms with Crippen molar-refractivity contribution in [2.24, 2.45) is 0 Å². The SMILES string of the molecule is Cc1cc(Br)ccc1NC(=O)CNC(=O)Cc1ccc(F)cc1. The van der Waals surface area contributed by atoms with E-state index in [2.05, 4.69) is 26.6 Å². The summed E-state index contributed by atoms with van der Waals surface area (Å²) in [7, 11) is 0. The van der Waals surface area contributed by atoms with Gasteiger partial charge in [0.1, 0.15) is 5.82 Å². The van der Waals surface area contributed by atoms with Crippen LogP contribution in [0.25, 0.3) is 0 Å². The van der Waals surface area contributed by atoms with Crippen molar-refractivity contribution in [3.8, 4) is 0 Å². The summed E-state index contributed by atoms with van der Waals surface area (Å²) in [6.07, 6.45) is 0.102. The normalized spacial score (nSPS) is 10.2. The average molecular weight is 379 g/mol. The van der Waals surface area contributed by atoms with Crippen LogP contribution in [-0.2, 0) is 16.0 Å². The molecule has 2 aromatic rings. The lowest BCUT2D eigenvalue weighted by molar-refractivity contribution is -0.123. The Hall–Kier alpha value is -2.21. The summed E-state index contributed by atoms with van der Waals surface area (Å²) >= 11 is 3.36. The monoisotopic (exact) mass is 378 g/mol. The molecule has 2 amide bonds. The van der Waals surface area contributed by atoms with Gasteiger partial charge in [-0.2, -0.15) is 0 Å². The molecule has 2 rings (SSSR count). The number of hydrogen-bond acceptors (Lipinski definition) is 2. The lowest BCUT2D eigenvalue weighted by Crippen LogP contribution is -2.33. The van der Waals surface area contributed by atoms with Gasteiger partial charge in [-0.05, 0) is 48.4 Å². The second kappa shape index (κ2) is 7.87. The minimum atomic E-state index is -0.349. The fourth-order valence-electron chi connectivity index (χ4n) is 1.99. The van der Waals surface area contributed by atoms with Gasteiger partial charge in [0.05, 0.1) is 13.0 Å². The highest BCUT2D eigenvalue weighted by atomic mass is 79.9. The number of amides is 2. The molecule has 0 unspecified atom stereocenters. The summed E-state index contributed by atoms with van der Waals surface area (Å²) in [5.41, 5.74) is 2.31. The molecule has 120 valence electrons. The van der Waals surface area contributed by atoms with Crippen LogP contribution < -0.4 is 10.6 Å². The van der Waals surface area contributed by atoms with Crippen molar-refractivity contribution >= 4 is 33.4 Å². The molecular formula is C17H16BrFN2O2. The first-order valence-electron chi connectivity index (χ1n) is 7.01.